The summed E-state index contributed by atoms with van der Waals surface area (Å²) in [6.45, 7) is 1.60. The molecule has 6 nitrogen and oxygen atoms in total. The lowest BCUT2D eigenvalue weighted by Gasteiger charge is -2.10. The van der Waals surface area contributed by atoms with Crippen LogP contribution < -0.4 is 5.32 Å². The SMILES string of the molecule is CC(=O)c1ccccc1S(=O)(=O)c1ccc(CNC(=O)c2cc3ccncc3s2)cc1. The summed E-state index contributed by atoms with van der Waals surface area (Å²) < 4.78 is 26.9. The molecule has 0 saturated carbocycles. The first kappa shape index (κ1) is 20.9. The normalized spacial score (nSPS) is 11.4. The van der Waals surface area contributed by atoms with Gasteiger partial charge in [-0.25, -0.2) is 8.42 Å². The van der Waals surface area contributed by atoms with Crippen LogP contribution in [0.15, 0.2) is 82.8 Å². The third kappa shape index (κ3) is 4.26. The molecule has 31 heavy (non-hydrogen) atoms. The minimum atomic E-state index is -3.83. The van der Waals surface area contributed by atoms with Crippen LogP contribution in [0.1, 0.15) is 32.5 Å². The molecular formula is C23H18N2O4S2. The van der Waals surface area contributed by atoms with Crippen LogP contribution in [-0.4, -0.2) is 25.1 Å². The predicted molar refractivity (Wildman–Crippen MR) is 119 cm³/mol. The molecule has 2 heterocycles. The number of nitrogens with zero attached hydrogens (tertiary/aromatic N) is 1. The Morgan fingerprint density at radius 3 is 2.48 bits per heavy atom. The molecule has 0 radical (unpaired) electrons. The van der Waals surface area contributed by atoms with Crippen LogP contribution in [0.4, 0.5) is 0 Å². The number of benzene rings is 2. The summed E-state index contributed by atoms with van der Waals surface area (Å²) >= 11 is 1.37. The van der Waals surface area contributed by atoms with Crippen molar-refractivity contribution in [2.24, 2.45) is 0 Å². The van der Waals surface area contributed by atoms with Crippen molar-refractivity contribution in [3.8, 4) is 0 Å². The van der Waals surface area contributed by atoms with Gasteiger partial charge >= 0.3 is 0 Å². The number of Topliss-reactive ketones (excluding diaryl/α,β-unsaturated/α-hetero) is 1. The number of nitrogens with one attached hydrogen (secondary N) is 1. The third-order valence-corrected chi connectivity index (χ3v) is 7.70. The van der Waals surface area contributed by atoms with E-state index < -0.39 is 9.84 Å². The Morgan fingerprint density at radius 1 is 1.03 bits per heavy atom. The zero-order valence-electron chi connectivity index (χ0n) is 16.5. The van der Waals surface area contributed by atoms with Crippen LogP contribution in [0.2, 0.25) is 0 Å². The quantitative estimate of drug-likeness (QED) is 0.443. The number of thiophene rings is 1. The monoisotopic (exact) mass is 450 g/mol. The number of hydrogen-bond acceptors (Lipinski definition) is 6. The first-order valence-electron chi connectivity index (χ1n) is 9.42. The molecule has 0 fully saturated rings. The maximum absolute atomic E-state index is 13.0. The smallest absolute Gasteiger partial charge is 0.261 e. The molecule has 0 saturated heterocycles. The van der Waals surface area contributed by atoms with E-state index in [0.717, 1.165) is 15.6 Å². The topological polar surface area (TPSA) is 93.2 Å². The predicted octanol–water partition coefficient (Wildman–Crippen LogP) is 4.26. The number of ketones is 1. The number of carbonyl (C=O) groups excluding carboxylic acids is 2. The van der Waals surface area contributed by atoms with Gasteiger partial charge in [-0.2, -0.15) is 0 Å². The lowest BCUT2D eigenvalue weighted by Crippen LogP contribution is -2.21. The number of hydrogen-bond donors (Lipinski definition) is 1. The van der Waals surface area contributed by atoms with Gasteiger partial charge in [-0.3, -0.25) is 14.6 Å². The van der Waals surface area contributed by atoms with Crippen LogP contribution in [0.3, 0.4) is 0 Å². The van der Waals surface area contributed by atoms with Crippen molar-refractivity contribution in [2.75, 3.05) is 0 Å². The van der Waals surface area contributed by atoms with Crippen molar-refractivity contribution in [1.29, 1.82) is 0 Å². The van der Waals surface area contributed by atoms with E-state index in [4.69, 9.17) is 0 Å². The number of sulfone groups is 1. The minimum absolute atomic E-state index is 0.0113. The molecular weight excluding hydrogens is 432 g/mol. The van der Waals surface area contributed by atoms with Crippen molar-refractivity contribution < 1.29 is 18.0 Å². The van der Waals surface area contributed by atoms with E-state index in [1.54, 1.807) is 36.7 Å². The van der Waals surface area contributed by atoms with Crippen molar-refractivity contribution >= 4 is 43.0 Å². The van der Waals surface area contributed by atoms with E-state index in [9.17, 15) is 18.0 Å². The summed E-state index contributed by atoms with van der Waals surface area (Å²) in [4.78, 5) is 29.0. The molecule has 0 aliphatic carbocycles. The summed E-state index contributed by atoms with van der Waals surface area (Å²) in [6.07, 6.45) is 3.40. The van der Waals surface area contributed by atoms with Crippen LogP contribution in [-0.2, 0) is 16.4 Å². The lowest BCUT2D eigenvalue weighted by atomic mass is 10.1. The highest BCUT2D eigenvalue weighted by Crippen LogP contribution is 2.26. The van der Waals surface area contributed by atoms with Gasteiger partial charge in [0.25, 0.3) is 5.91 Å². The number of pyridine rings is 1. The fourth-order valence-electron chi connectivity index (χ4n) is 3.17. The van der Waals surface area contributed by atoms with Gasteiger partial charge in [-0.05, 0) is 48.2 Å². The Morgan fingerprint density at radius 2 is 1.77 bits per heavy atom. The minimum Gasteiger partial charge on any atom is -0.347 e. The first-order chi connectivity index (χ1) is 14.9. The summed E-state index contributed by atoms with van der Waals surface area (Å²) in [5, 5.41) is 3.81. The van der Waals surface area contributed by atoms with Crippen molar-refractivity contribution in [3.05, 3.63) is 89.1 Å². The molecule has 4 rings (SSSR count). The highest BCUT2D eigenvalue weighted by Gasteiger charge is 2.22. The van der Waals surface area contributed by atoms with E-state index in [1.165, 1.54) is 42.5 Å². The van der Waals surface area contributed by atoms with Gasteiger partial charge < -0.3 is 5.32 Å². The summed E-state index contributed by atoms with van der Waals surface area (Å²) in [6, 6.07) is 16.1. The largest absolute Gasteiger partial charge is 0.347 e. The fourth-order valence-corrected chi connectivity index (χ4v) is 5.62. The molecule has 0 spiro atoms. The van der Waals surface area contributed by atoms with Gasteiger partial charge in [-0.15, -0.1) is 11.3 Å². The van der Waals surface area contributed by atoms with Gasteiger partial charge in [0.1, 0.15) is 0 Å². The molecule has 2 aromatic carbocycles. The Labute approximate surface area is 183 Å². The van der Waals surface area contributed by atoms with Crippen molar-refractivity contribution in [2.45, 2.75) is 23.3 Å². The lowest BCUT2D eigenvalue weighted by molar-refractivity contribution is 0.0954. The highest BCUT2D eigenvalue weighted by molar-refractivity contribution is 7.91. The molecule has 156 valence electrons. The van der Waals surface area contributed by atoms with Crippen LogP contribution >= 0.6 is 11.3 Å². The highest BCUT2D eigenvalue weighted by atomic mass is 32.2. The zero-order valence-corrected chi connectivity index (χ0v) is 18.2. The average Bonchev–Trinajstić information content (AvgIpc) is 3.22. The maximum Gasteiger partial charge on any atom is 0.261 e. The van der Waals surface area contributed by atoms with Crippen LogP contribution in [0.5, 0.6) is 0 Å². The molecule has 2 aromatic heterocycles. The standard InChI is InChI=1S/C23H18N2O4S2/c1-15(26)19-4-2-3-5-22(19)31(28,29)18-8-6-16(7-9-18)13-25-23(27)20-12-17-10-11-24-14-21(17)30-20/h2-12,14H,13H2,1H3,(H,25,27). The second-order valence-electron chi connectivity index (χ2n) is 6.91. The van der Waals surface area contributed by atoms with E-state index in [0.29, 0.717) is 4.88 Å². The number of rotatable bonds is 6. The molecule has 8 heteroatoms. The van der Waals surface area contributed by atoms with E-state index in [-0.39, 0.29) is 33.6 Å². The number of amides is 1. The average molecular weight is 451 g/mol. The second-order valence-corrected chi connectivity index (χ2v) is 9.91. The van der Waals surface area contributed by atoms with E-state index in [2.05, 4.69) is 10.3 Å². The summed E-state index contributed by atoms with van der Waals surface area (Å²) in [5.41, 5.74) is 0.923. The Bertz CT molecular complexity index is 1360. The summed E-state index contributed by atoms with van der Waals surface area (Å²) in [5.74, 6) is -0.510. The van der Waals surface area contributed by atoms with Gasteiger partial charge in [0.05, 0.1) is 19.4 Å². The number of aromatic nitrogens is 1. The van der Waals surface area contributed by atoms with Crippen LogP contribution in [0.25, 0.3) is 10.1 Å². The third-order valence-electron chi connectivity index (χ3n) is 4.79. The summed E-state index contributed by atoms with van der Waals surface area (Å²) in [7, 11) is -3.83. The van der Waals surface area contributed by atoms with Gasteiger partial charge in [0, 0.05) is 24.5 Å². The molecule has 1 amide bonds. The fraction of sp³-hybridized carbons (Fsp3) is 0.0870. The molecule has 0 aliphatic heterocycles. The Kier molecular flexibility index (Phi) is 5.67. The molecule has 0 bridgehead atoms. The molecule has 0 atom stereocenters. The number of carbonyl (C=O) groups is 2. The molecule has 0 aliphatic rings. The van der Waals surface area contributed by atoms with E-state index in [1.807, 2.05) is 12.1 Å². The van der Waals surface area contributed by atoms with Crippen molar-refractivity contribution in [3.63, 3.8) is 0 Å². The zero-order chi connectivity index (χ0) is 22.0. The van der Waals surface area contributed by atoms with Gasteiger partial charge in [-0.1, -0.05) is 30.3 Å². The van der Waals surface area contributed by atoms with Crippen LogP contribution in [0, 0.1) is 0 Å². The Balaban J connectivity index is 1.49. The molecule has 4 aromatic rings. The first-order valence-corrected chi connectivity index (χ1v) is 11.7. The molecule has 1 N–H and O–H groups in total. The van der Waals surface area contributed by atoms with Crippen molar-refractivity contribution in [1.82, 2.24) is 10.3 Å². The molecule has 0 unspecified atom stereocenters. The number of fused-ring (bicyclic) bond motifs is 1. The Hall–Kier alpha value is -3.36. The van der Waals surface area contributed by atoms with Gasteiger partial charge in [0.15, 0.2) is 5.78 Å². The van der Waals surface area contributed by atoms with Gasteiger partial charge in [0.2, 0.25) is 9.84 Å². The second kappa shape index (κ2) is 8.41. The van der Waals surface area contributed by atoms with E-state index >= 15 is 0 Å². The maximum atomic E-state index is 13.0.